The van der Waals surface area contributed by atoms with Gasteiger partial charge in [-0.15, -0.1) is 0 Å². The van der Waals surface area contributed by atoms with Gasteiger partial charge in [0, 0.05) is 23.3 Å². The van der Waals surface area contributed by atoms with E-state index in [0.29, 0.717) is 44.1 Å². The van der Waals surface area contributed by atoms with Crippen molar-refractivity contribution >= 4 is 52.3 Å². The molecule has 0 fully saturated rings. The minimum atomic E-state index is -0.455. The molecule has 0 unspecified atom stereocenters. The lowest BCUT2D eigenvalue weighted by atomic mass is 10.1. The maximum Gasteiger partial charge on any atom is 0.269 e. The molecule has 2 heterocycles. The van der Waals surface area contributed by atoms with E-state index in [1.807, 2.05) is 30.3 Å². The van der Waals surface area contributed by atoms with Crippen LogP contribution < -0.4 is 4.90 Å². The first-order chi connectivity index (χ1) is 16.9. The summed E-state index contributed by atoms with van der Waals surface area (Å²) in [7, 11) is 0. The largest absolute Gasteiger partial charge is 0.457 e. The minimum absolute atomic E-state index is 0.000160. The summed E-state index contributed by atoms with van der Waals surface area (Å²) in [6.45, 7) is 0. The van der Waals surface area contributed by atoms with Gasteiger partial charge in [-0.3, -0.25) is 19.8 Å². The number of amides is 1. The average Bonchev–Trinajstić information content (AvgIpc) is 3.46. The topological polar surface area (TPSA) is 76.6 Å². The molecule has 0 N–H and O–H groups in total. The van der Waals surface area contributed by atoms with Gasteiger partial charge < -0.3 is 4.42 Å². The maximum absolute atomic E-state index is 13.5. The summed E-state index contributed by atoms with van der Waals surface area (Å²) < 4.78 is 5.91. The van der Waals surface area contributed by atoms with Crippen LogP contribution in [0.1, 0.15) is 11.3 Å². The van der Waals surface area contributed by atoms with Crippen molar-refractivity contribution in [2.24, 2.45) is 0 Å². The van der Waals surface area contributed by atoms with E-state index in [2.05, 4.69) is 0 Å². The lowest BCUT2D eigenvalue weighted by Crippen LogP contribution is -2.24. The van der Waals surface area contributed by atoms with Crippen LogP contribution in [0.15, 0.2) is 101 Å². The summed E-state index contributed by atoms with van der Waals surface area (Å²) in [5.41, 5.74) is 3.27. The highest BCUT2D eigenvalue weighted by Gasteiger charge is 2.31. The molecule has 4 aromatic rings. The van der Waals surface area contributed by atoms with Gasteiger partial charge >= 0.3 is 0 Å². The fourth-order valence-electron chi connectivity index (χ4n) is 3.80. The monoisotopic (exact) mass is 502 g/mol. The van der Waals surface area contributed by atoms with Crippen molar-refractivity contribution in [3.63, 3.8) is 0 Å². The van der Waals surface area contributed by atoms with E-state index in [4.69, 9.17) is 27.6 Å². The highest BCUT2D eigenvalue weighted by molar-refractivity contribution is 6.42. The number of nitrogens with zero attached hydrogens (tertiary/aromatic N) is 2. The van der Waals surface area contributed by atoms with Gasteiger partial charge in [-0.05, 0) is 60.2 Å². The number of nitro groups is 1. The number of carbonyl (C=O) groups excluding carboxylic acids is 1. The zero-order valence-electron chi connectivity index (χ0n) is 18.0. The van der Waals surface area contributed by atoms with Crippen LogP contribution in [0, 0.1) is 10.1 Å². The Kier molecular flexibility index (Phi) is 5.99. The van der Waals surface area contributed by atoms with E-state index in [0.717, 1.165) is 5.56 Å². The zero-order valence-corrected chi connectivity index (χ0v) is 19.5. The molecule has 0 saturated carbocycles. The van der Waals surface area contributed by atoms with E-state index < -0.39 is 4.92 Å². The van der Waals surface area contributed by atoms with Crippen LogP contribution in [0.2, 0.25) is 10.0 Å². The van der Waals surface area contributed by atoms with Gasteiger partial charge in [-0.2, -0.15) is 0 Å². The van der Waals surface area contributed by atoms with Crippen LogP contribution in [-0.2, 0) is 4.79 Å². The van der Waals surface area contributed by atoms with E-state index in [1.54, 1.807) is 59.5 Å². The fourth-order valence-corrected chi connectivity index (χ4v) is 4.10. The standard InChI is InChI=1S/C27H16Cl2N2O4/c28-23-12-10-21(16-24(23)29)30-25(17-4-2-1-3-5-17)15-19(27(30)32)14-22-11-13-26(35-22)18-6-8-20(9-7-18)31(33)34/h1-16H/b19-14+. The Morgan fingerprint density at radius 1 is 0.857 bits per heavy atom. The molecule has 0 atom stereocenters. The normalized spacial score (nSPS) is 14.5. The number of furan rings is 1. The van der Waals surface area contributed by atoms with Crippen LogP contribution in [0.25, 0.3) is 23.1 Å². The van der Waals surface area contributed by atoms with Crippen molar-refractivity contribution in [1.29, 1.82) is 0 Å². The number of anilines is 1. The Morgan fingerprint density at radius 2 is 1.60 bits per heavy atom. The van der Waals surface area contributed by atoms with E-state index in [1.165, 1.54) is 12.1 Å². The molecule has 8 heteroatoms. The van der Waals surface area contributed by atoms with Crippen LogP contribution in [0.5, 0.6) is 0 Å². The van der Waals surface area contributed by atoms with Gasteiger partial charge in [0.2, 0.25) is 0 Å². The van der Waals surface area contributed by atoms with Gasteiger partial charge in [0.15, 0.2) is 0 Å². The molecule has 1 aromatic heterocycles. The second-order valence-electron chi connectivity index (χ2n) is 7.74. The molecule has 3 aromatic carbocycles. The lowest BCUT2D eigenvalue weighted by molar-refractivity contribution is -0.384. The Bertz CT molecular complexity index is 1510. The Labute approximate surface area is 210 Å². The molecule has 5 rings (SSSR count). The predicted octanol–water partition coefficient (Wildman–Crippen LogP) is 7.63. The number of rotatable bonds is 5. The molecule has 1 aliphatic heterocycles. The second-order valence-corrected chi connectivity index (χ2v) is 8.55. The number of hydrogen-bond acceptors (Lipinski definition) is 4. The third-order valence-corrected chi connectivity index (χ3v) is 6.24. The summed E-state index contributed by atoms with van der Waals surface area (Å²) >= 11 is 12.3. The molecule has 1 aliphatic rings. The molecular weight excluding hydrogens is 487 g/mol. The summed E-state index contributed by atoms with van der Waals surface area (Å²) in [6, 6.07) is 24.2. The number of non-ortho nitro benzene ring substituents is 1. The molecule has 35 heavy (non-hydrogen) atoms. The SMILES string of the molecule is O=C1/C(=C/c2ccc(-c3ccc([N+](=O)[O-])cc3)o2)C=C(c2ccccc2)N1c1ccc(Cl)c(Cl)c1. The smallest absolute Gasteiger partial charge is 0.269 e. The number of nitro benzene ring substituents is 1. The van der Waals surface area contributed by atoms with Gasteiger partial charge in [-0.25, -0.2) is 0 Å². The summed E-state index contributed by atoms with van der Waals surface area (Å²) in [4.78, 5) is 25.5. The Hall–Kier alpha value is -4.13. The number of halogens is 2. The van der Waals surface area contributed by atoms with Crippen LogP contribution in [-0.4, -0.2) is 10.8 Å². The summed E-state index contributed by atoms with van der Waals surface area (Å²) in [6.07, 6.45) is 3.46. The molecular formula is C27H16Cl2N2O4. The van der Waals surface area contributed by atoms with Gasteiger partial charge in [-0.1, -0.05) is 53.5 Å². The van der Waals surface area contributed by atoms with Crippen molar-refractivity contribution in [2.75, 3.05) is 4.90 Å². The van der Waals surface area contributed by atoms with Gasteiger partial charge in [0.05, 0.1) is 26.4 Å². The molecule has 1 amide bonds. The molecule has 6 nitrogen and oxygen atoms in total. The van der Waals surface area contributed by atoms with Crippen molar-refractivity contribution < 1.29 is 14.1 Å². The average molecular weight is 503 g/mol. The molecule has 0 saturated heterocycles. The van der Waals surface area contributed by atoms with Crippen molar-refractivity contribution in [3.8, 4) is 11.3 Å². The van der Waals surface area contributed by atoms with Crippen LogP contribution in [0.4, 0.5) is 11.4 Å². The first kappa shape index (κ1) is 22.7. The van der Waals surface area contributed by atoms with Gasteiger partial charge in [0.25, 0.3) is 11.6 Å². The fraction of sp³-hybridized carbons (Fsp3) is 0. The zero-order chi connectivity index (χ0) is 24.5. The van der Waals surface area contributed by atoms with Gasteiger partial charge in [0.1, 0.15) is 11.5 Å². The molecule has 0 aliphatic carbocycles. The lowest BCUT2D eigenvalue weighted by Gasteiger charge is -2.21. The second kappa shape index (κ2) is 9.25. The molecule has 0 radical (unpaired) electrons. The Morgan fingerprint density at radius 3 is 2.29 bits per heavy atom. The quantitative estimate of drug-likeness (QED) is 0.159. The summed E-state index contributed by atoms with van der Waals surface area (Å²) in [5, 5.41) is 11.6. The van der Waals surface area contributed by atoms with Crippen molar-refractivity contribution in [1.82, 2.24) is 0 Å². The minimum Gasteiger partial charge on any atom is -0.457 e. The number of hydrogen-bond donors (Lipinski definition) is 0. The highest BCUT2D eigenvalue weighted by Crippen LogP contribution is 2.38. The highest BCUT2D eigenvalue weighted by atomic mass is 35.5. The van der Waals surface area contributed by atoms with E-state index in [9.17, 15) is 14.9 Å². The number of benzene rings is 3. The van der Waals surface area contributed by atoms with Crippen molar-refractivity contribution in [3.05, 3.63) is 128 Å². The first-order valence-electron chi connectivity index (χ1n) is 10.5. The van der Waals surface area contributed by atoms with Crippen LogP contribution >= 0.6 is 23.2 Å². The number of carbonyl (C=O) groups is 1. The molecule has 0 spiro atoms. The molecule has 172 valence electrons. The van der Waals surface area contributed by atoms with Crippen LogP contribution in [0.3, 0.4) is 0 Å². The third kappa shape index (κ3) is 4.49. The third-order valence-electron chi connectivity index (χ3n) is 5.50. The first-order valence-corrected chi connectivity index (χ1v) is 11.3. The van der Waals surface area contributed by atoms with E-state index in [-0.39, 0.29) is 11.6 Å². The maximum atomic E-state index is 13.5. The van der Waals surface area contributed by atoms with Crippen molar-refractivity contribution in [2.45, 2.75) is 0 Å². The summed E-state index contributed by atoms with van der Waals surface area (Å²) in [5.74, 6) is 0.766. The Balaban J connectivity index is 1.51. The molecule has 0 bridgehead atoms. The predicted molar refractivity (Wildman–Crippen MR) is 137 cm³/mol. The van der Waals surface area contributed by atoms with E-state index >= 15 is 0 Å².